The molecular weight excluding hydrogens is 351 g/mol. The minimum absolute atomic E-state index is 0. The van der Waals surface area contributed by atoms with Crippen molar-refractivity contribution in [1.82, 2.24) is 0 Å². The van der Waals surface area contributed by atoms with E-state index in [9.17, 15) is 4.79 Å². The Morgan fingerprint density at radius 2 is 1.62 bits per heavy atom. The van der Waals surface area contributed by atoms with E-state index in [1.165, 1.54) is 6.42 Å². The molecule has 0 fully saturated rings. The molecular formula is C25H32LiN2O-3. The number of hydrogen-bond donors (Lipinski definition) is 1. The van der Waals surface area contributed by atoms with Gasteiger partial charge in [0.25, 0.3) is 0 Å². The van der Waals surface area contributed by atoms with Gasteiger partial charge in [0, 0.05) is 11.8 Å². The molecule has 29 heavy (non-hydrogen) atoms. The van der Waals surface area contributed by atoms with Crippen molar-refractivity contribution in [3.05, 3.63) is 91.9 Å². The van der Waals surface area contributed by atoms with Crippen molar-refractivity contribution in [2.45, 2.75) is 46.5 Å². The van der Waals surface area contributed by atoms with Gasteiger partial charge in [0.15, 0.2) is 0 Å². The van der Waals surface area contributed by atoms with Crippen molar-refractivity contribution < 1.29 is 23.7 Å². The summed E-state index contributed by atoms with van der Waals surface area (Å²) >= 11 is 0. The first-order valence-electron chi connectivity index (χ1n) is 9.51. The fourth-order valence-corrected chi connectivity index (χ4v) is 2.18. The van der Waals surface area contributed by atoms with Gasteiger partial charge in [-0.25, -0.2) is 5.26 Å². The first-order valence-corrected chi connectivity index (χ1v) is 9.51. The third-order valence-corrected chi connectivity index (χ3v) is 3.76. The van der Waals surface area contributed by atoms with E-state index >= 15 is 0 Å². The van der Waals surface area contributed by atoms with Crippen LogP contribution in [0.5, 0.6) is 0 Å². The predicted octanol–water partition coefficient (Wildman–Crippen LogP) is 3.43. The van der Waals surface area contributed by atoms with Crippen LogP contribution in [0.1, 0.15) is 54.9 Å². The van der Waals surface area contributed by atoms with Gasteiger partial charge >= 0.3 is 18.9 Å². The second-order valence-electron chi connectivity index (χ2n) is 6.20. The van der Waals surface area contributed by atoms with Gasteiger partial charge in [0.1, 0.15) is 0 Å². The molecule has 0 spiro atoms. The summed E-state index contributed by atoms with van der Waals surface area (Å²) < 4.78 is 0. The number of amides is 1. The summed E-state index contributed by atoms with van der Waals surface area (Å²) in [5.74, 6) is -0.0232. The first kappa shape index (κ1) is 28.9. The molecule has 2 aromatic rings. The first-order chi connectivity index (χ1) is 13.4. The SMILES string of the molecule is CC[CH-]C(=O)Nc1c(C)cccc1C.[CH2-]CCC[CH2-].[CH2-]c1ccccc1C#N.[Li+]. The van der Waals surface area contributed by atoms with Crippen LogP contribution in [0.15, 0.2) is 42.5 Å². The molecule has 1 amide bonds. The van der Waals surface area contributed by atoms with E-state index in [1.54, 1.807) is 12.5 Å². The molecule has 4 heteroatoms. The maximum Gasteiger partial charge on any atom is 1.00 e. The number of carbonyl (C=O) groups is 1. The molecule has 2 rings (SSSR count). The average Bonchev–Trinajstić information content (AvgIpc) is 2.67. The van der Waals surface area contributed by atoms with Crippen LogP contribution in [0.4, 0.5) is 5.69 Å². The summed E-state index contributed by atoms with van der Waals surface area (Å²) in [6, 6.07) is 15.3. The van der Waals surface area contributed by atoms with Gasteiger partial charge in [-0.3, -0.25) is 0 Å². The molecule has 0 saturated carbocycles. The molecule has 1 N–H and O–H groups in total. The molecule has 2 aromatic carbocycles. The topological polar surface area (TPSA) is 52.9 Å². The predicted molar refractivity (Wildman–Crippen MR) is 119 cm³/mol. The molecule has 0 aliphatic rings. The van der Waals surface area contributed by atoms with Crippen LogP contribution in [0.3, 0.4) is 0 Å². The molecule has 3 nitrogen and oxygen atoms in total. The summed E-state index contributed by atoms with van der Waals surface area (Å²) in [4.78, 5) is 11.4. The van der Waals surface area contributed by atoms with Crippen LogP contribution in [0.25, 0.3) is 0 Å². The van der Waals surface area contributed by atoms with E-state index < -0.39 is 0 Å². The number of benzene rings is 2. The number of carbonyl (C=O) groups excluding carboxylic acids is 1. The van der Waals surface area contributed by atoms with E-state index in [2.05, 4.69) is 26.1 Å². The molecule has 0 heterocycles. The Morgan fingerprint density at radius 1 is 1.07 bits per heavy atom. The van der Waals surface area contributed by atoms with Crippen LogP contribution in [-0.2, 0) is 4.79 Å². The van der Waals surface area contributed by atoms with E-state index in [0.29, 0.717) is 5.56 Å². The Hall–Kier alpha value is -2.26. The number of nitriles is 1. The van der Waals surface area contributed by atoms with Crippen LogP contribution in [0.2, 0.25) is 0 Å². The average molecular weight is 383 g/mol. The molecule has 152 valence electrons. The van der Waals surface area contributed by atoms with Gasteiger partial charge in [0.05, 0.1) is 5.91 Å². The smallest absolute Gasteiger partial charge is 0.351 e. The molecule has 0 unspecified atom stereocenters. The zero-order valence-electron chi connectivity index (χ0n) is 18.4. The van der Waals surface area contributed by atoms with Crippen molar-refractivity contribution in [2.75, 3.05) is 5.32 Å². The number of rotatable bonds is 5. The third-order valence-electron chi connectivity index (χ3n) is 3.76. The van der Waals surface area contributed by atoms with Crippen LogP contribution in [0, 0.1) is 52.4 Å². The van der Waals surface area contributed by atoms with Crippen molar-refractivity contribution in [2.24, 2.45) is 0 Å². The number of para-hydroxylation sites is 1. The number of nitrogens with zero attached hydrogens (tertiary/aromatic N) is 1. The van der Waals surface area contributed by atoms with E-state index in [0.717, 1.165) is 41.6 Å². The summed E-state index contributed by atoms with van der Waals surface area (Å²) in [5, 5.41) is 11.3. The molecule has 0 aliphatic heterocycles. The Labute approximate surface area is 190 Å². The fourth-order valence-electron chi connectivity index (χ4n) is 2.18. The Kier molecular flexibility index (Phi) is 17.8. The van der Waals surface area contributed by atoms with Crippen LogP contribution in [-0.4, -0.2) is 5.91 Å². The van der Waals surface area contributed by atoms with Gasteiger partial charge < -0.3 is 30.4 Å². The number of unbranched alkanes of at least 4 members (excludes halogenated alkanes) is 2. The monoisotopic (exact) mass is 383 g/mol. The van der Waals surface area contributed by atoms with Gasteiger partial charge in [-0.2, -0.15) is 37.8 Å². The minimum atomic E-state index is -0.0232. The van der Waals surface area contributed by atoms with E-state index in [1.807, 2.05) is 63.2 Å². The van der Waals surface area contributed by atoms with Crippen LogP contribution < -0.4 is 24.2 Å². The van der Waals surface area contributed by atoms with Gasteiger partial charge in [-0.05, 0) is 25.0 Å². The normalized spacial score (nSPS) is 8.69. The van der Waals surface area contributed by atoms with Crippen molar-refractivity contribution >= 4 is 11.6 Å². The maximum absolute atomic E-state index is 11.4. The number of hydrogen-bond acceptors (Lipinski definition) is 2. The van der Waals surface area contributed by atoms with E-state index in [4.69, 9.17) is 5.26 Å². The van der Waals surface area contributed by atoms with Crippen LogP contribution >= 0.6 is 0 Å². The summed E-state index contributed by atoms with van der Waals surface area (Å²) in [7, 11) is 0. The second kappa shape index (κ2) is 17.8. The Balaban J connectivity index is 0. The minimum Gasteiger partial charge on any atom is -0.351 e. The summed E-state index contributed by atoms with van der Waals surface area (Å²) in [6.45, 7) is 16.9. The standard InChI is InChI=1S/C12H16NO.C8H6N.C5H10.Li/c1-4-6-11(14)13-12-9(2)7-5-8-10(12)3;1-7-4-2-3-5-8(7)6-9;1-3-5-4-2;/h5-8H,4H2,1-3H3,(H,13,14);2-5H,1H2;1-5H2;/q2*-1;-2;+1. The zero-order valence-corrected chi connectivity index (χ0v) is 18.4. The molecule has 0 aliphatic carbocycles. The van der Waals surface area contributed by atoms with Gasteiger partial charge in [-0.1, -0.05) is 36.8 Å². The largest absolute Gasteiger partial charge is 1.00 e. The van der Waals surface area contributed by atoms with Crippen molar-refractivity contribution in [1.29, 1.82) is 5.26 Å². The fraction of sp³-hybridized carbons (Fsp3) is 0.280. The van der Waals surface area contributed by atoms with Crippen molar-refractivity contribution in [3.63, 3.8) is 0 Å². The molecule has 0 radical (unpaired) electrons. The maximum atomic E-state index is 11.4. The van der Waals surface area contributed by atoms with Gasteiger partial charge in [-0.15, -0.1) is 18.6 Å². The quantitative estimate of drug-likeness (QED) is 0.635. The molecule has 0 bridgehead atoms. The number of nitrogens with one attached hydrogen (secondary N) is 1. The Bertz CT molecular complexity index is 728. The number of anilines is 1. The molecule has 0 aromatic heterocycles. The number of aryl methyl sites for hydroxylation is 2. The molecule has 0 atom stereocenters. The zero-order chi connectivity index (χ0) is 21.4. The second-order valence-corrected chi connectivity index (χ2v) is 6.20. The van der Waals surface area contributed by atoms with Crippen molar-refractivity contribution in [3.8, 4) is 6.07 Å². The molecule has 0 saturated heterocycles. The summed E-state index contributed by atoms with van der Waals surface area (Å²) in [5.41, 5.74) is 4.57. The van der Waals surface area contributed by atoms with E-state index in [-0.39, 0.29) is 24.8 Å². The van der Waals surface area contributed by atoms with Gasteiger partial charge in [0.2, 0.25) is 0 Å². The Morgan fingerprint density at radius 3 is 2.00 bits per heavy atom. The third kappa shape index (κ3) is 12.7. The summed E-state index contributed by atoms with van der Waals surface area (Å²) in [6.07, 6.45) is 5.63.